The van der Waals surface area contributed by atoms with E-state index in [9.17, 15) is 0 Å². The maximum absolute atomic E-state index is 5.13. The number of aryl methyl sites for hydroxylation is 1. The van der Waals surface area contributed by atoms with Gasteiger partial charge in [-0.05, 0) is 18.6 Å². The molecule has 0 saturated heterocycles. The SMILES string of the molecule is C=C.Cc1ccc2c(c1)ONC2. The second-order valence-corrected chi connectivity index (χ2v) is 2.53. The summed E-state index contributed by atoms with van der Waals surface area (Å²) in [6.07, 6.45) is 0. The Balaban J connectivity index is 0.000000336. The maximum atomic E-state index is 5.13. The molecule has 1 aliphatic rings. The third-order valence-electron chi connectivity index (χ3n) is 1.67. The summed E-state index contributed by atoms with van der Waals surface area (Å²) < 4.78 is 0. The molecule has 2 nitrogen and oxygen atoms in total. The van der Waals surface area contributed by atoms with Gasteiger partial charge < -0.3 is 4.84 Å². The minimum atomic E-state index is 0.829. The number of hydrogen-bond acceptors (Lipinski definition) is 2. The summed E-state index contributed by atoms with van der Waals surface area (Å²) >= 11 is 0. The van der Waals surface area contributed by atoms with Crippen LogP contribution in [0.4, 0.5) is 0 Å². The van der Waals surface area contributed by atoms with Crippen molar-refractivity contribution in [1.82, 2.24) is 5.48 Å². The van der Waals surface area contributed by atoms with Crippen LogP contribution in [0.15, 0.2) is 31.4 Å². The van der Waals surface area contributed by atoms with Gasteiger partial charge >= 0.3 is 0 Å². The Kier molecular flexibility index (Phi) is 2.88. The molecule has 0 aromatic heterocycles. The number of benzene rings is 1. The molecule has 0 atom stereocenters. The molecule has 12 heavy (non-hydrogen) atoms. The molecule has 1 N–H and O–H groups in total. The van der Waals surface area contributed by atoms with Crippen molar-refractivity contribution in [2.45, 2.75) is 13.5 Å². The largest absolute Gasteiger partial charge is 0.408 e. The molecule has 0 amide bonds. The summed E-state index contributed by atoms with van der Waals surface area (Å²) in [5, 5.41) is 0. The minimum Gasteiger partial charge on any atom is -0.408 e. The van der Waals surface area contributed by atoms with E-state index in [4.69, 9.17) is 4.84 Å². The van der Waals surface area contributed by atoms with Crippen LogP contribution in [0.2, 0.25) is 0 Å². The quantitative estimate of drug-likeness (QED) is 0.592. The van der Waals surface area contributed by atoms with Crippen molar-refractivity contribution in [2.24, 2.45) is 0 Å². The molecule has 0 fully saturated rings. The Morgan fingerprint density at radius 1 is 1.42 bits per heavy atom. The molecule has 0 radical (unpaired) electrons. The van der Waals surface area contributed by atoms with Crippen molar-refractivity contribution in [3.63, 3.8) is 0 Å². The van der Waals surface area contributed by atoms with Crippen LogP contribution in [0.1, 0.15) is 11.1 Å². The summed E-state index contributed by atoms with van der Waals surface area (Å²) in [4.78, 5) is 5.13. The molecular weight excluding hydrogens is 150 g/mol. The van der Waals surface area contributed by atoms with Gasteiger partial charge in [-0.3, -0.25) is 0 Å². The Morgan fingerprint density at radius 2 is 2.17 bits per heavy atom. The normalized spacial score (nSPS) is 12.4. The first-order valence-electron chi connectivity index (χ1n) is 3.85. The number of nitrogens with one attached hydrogen (secondary N) is 1. The topological polar surface area (TPSA) is 21.3 Å². The van der Waals surface area contributed by atoms with Gasteiger partial charge in [-0.1, -0.05) is 12.1 Å². The van der Waals surface area contributed by atoms with Crippen molar-refractivity contribution in [3.8, 4) is 5.75 Å². The highest BCUT2D eigenvalue weighted by Crippen LogP contribution is 2.22. The third-order valence-corrected chi connectivity index (χ3v) is 1.67. The fourth-order valence-corrected chi connectivity index (χ4v) is 1.09. The van der Waals surface area contributed by atoms with Gasteiger partial charge in [-0.15, -0.1) is 13.2 Å². The van der Waals surface area contributed by atoms with E-state index < -0.39 is 0 Å². The Morgan fingerprint density at radius 3 is 2.92 bits per heavy atom. The van der Waals surface area contributed by atoms with E-state index in [0.29, 0.717) is 0 Å². The number of rotatable bonds is 0. The van der Waals surface area contributed by atoms with Crippen LogP contribution < -0.4 is 10.3 Å². The second-order valence-electron chi connectivity index (χ2n) is 2.53. The molecule has 1 aliphatic heterocycles. The minimum absolute atomic E-state index is 0.829. The molecule has 2 rings (SSSR count). The molecular formula is C10H13NO. The lowest BCUT2D eigenvalue weighted by atomic mass is 10.1. The molecule has 1 aromatic carbocycles. The Bertz CT molecular complexity index is 271. The predicted molar refractivity (Wildman–Crippen MR) is 49.9 cm³/mol. The van der Waals surface area contributed by atoms with Gasteiger partial charge in [0.25, 0.3) is 0 Å². The third kappa shape index (κ3) is 1.66. The van der Waals surface area contributed by atoms with Crippen LogP contribution in [0.3, 0.4) is 0 Å². The van der Waals surface area contributed by atoms with E-state index in [2.05, 4.69) is 37.7 Å². The van der Waals surface area contributed by atoms with Crippen molar-refractivity contribution in [2.75, 3.05) is 0 Å². The number of hydrogen-bond donors (Lipinski definition) is 1. The summed E-state index contributed by atoms with van der Waals surface area (Å²) in [5.74, 6) is 0.972. The molecule has 0 spiro atoms. The van der Waals surface area contributed by atoms with Crippen LogP contribution >= 0.6 is 0 Å². The second kappa shape index (κ2) is 3.93. The van der Waals surface area contributed by atoms with Gasteiger partial charge in [0.1, 0.15) is 0 Å². The van der Waals surface area contributed by atoms with Crippen molar-refractivity contribution >= 4 is 0 Å². The van der Waals surface area contributed by atoms with E-state index in [0.717, 1.165) is 12.3 Å². The van der Waals surface area contributed by atoms with E-state index in [1.165, 1.54) is 11.1 Å². The van der Waals surface area contributed by atoms with E-state index >= 15 is 0 Å². The maximum Gasteiger partial charge on any atom is 0.152 e. The molecule has 2 heteroatoms. The highest BCUT2D eigenvalue weighted by Gasteiger charge is 2.09. The lowest BCUT2D eigenvalue weighted by Gasteiger charge is -1.96. The summed E-state index contributed by atoms with van der Waals surface area (Å²) in [5.41, 5.74) is 5.29. The molecule has 64 valence electrons. The van der Waals surface area contributed by atoms with Crippen LogP contribution in [-0.4, -0.2) is 0 Å². The standard InChI is InChI=1S/C8H9NO.C2H4/c1-6-2-3-7-5-9-10-8(7)4-6;1-2/h2-4,9H,5H2,1H3;1-2H2. The molecule has 1 aromatic rings. The van der Waals surface area contributed by atoms with E-state index in [-0.39, 0.29) is 0 Å². The molecule has 0 aliphatic carbocycles. The van der Waals surface area contributed by atoms with E-state index in [1.807, 2.05) is 6.07 Å². The highest BCUT2D eigenvalue weighted by molar-refractivity contribution is 5.38. The van der Waals surface area contributed by atoms with Crippen LogP contribution in [0.25, 0.3) is 0 Å². The zero-order valence-electron chi connectivity index (χ0n) is 7.26. The fourth-order valence-electron chi connectivity index (χ4n) is 1.09. The smallest absolute Gasteiger partial charge is 0.152 e. The van der Waals surface area contributed by atoms with Crippen LogP contribution in [0.5, 0.6) is 5.75 Å². The lowest BCUT2D eigenvalue weighted by molar-refractivity contribution is 0.224. The van der Waals surface area contributed by atoms with Gasteiger partial charge in [0.15, 0.2) is 5.75 Å². The summed E-state index contributed by atoms with van der Waals surface area (Å²) in [7, 11) is 0. The molecule has 0 saturated carbocycles. The Hall–Kier alpha value is -1.28. The number of fused-ring (bicyclic) bond motifs is 1. The number of hydroxylamine groups is 1. The molecule has 0 bridgehead atoms. The van der Waals surface area contributed by atoms with Crippen molar-refractivity contribution in [3.05, 3.63) is 42.5 Å². The van der Waals surface area contributed by atoms with Gasteiger partial charge in [0.05, 0.1) is 6.54 Å². The monoisotopic (exact) mass is 163 g/mol. The van der Waals surface area contributed by atoms with Crippen LogP contribution in [0, 0.1) is 6.92 Å². The first kappa shape index (κ1) is 8.81. The van der Waals surface area contributed by atoms with Crippen molar-refractivity contribution < 1.29 is 4.84 Å². The predicted octanol–water partition coefficient (Wildman–Crippen LogP) is 2.19. The fraction of sp³-hybridized carbons (Fsp3) is 0.200. The van der Waals surface area contributed by atoms with Gasteiger partial charge in [0.2, 0.25) is 0 Å². The molecule has 0 unspecified atom stereocenters. The summed E-state index contributed by atoms with van der Waals surface area (Å²) in [6, 6.07) is 6.22. The average Bonchev–Trinajstić information content (AvgIpc) is 2.54. The van der Waals surface area contributed by atoms with Crippen molar-refractivity contribution in [1.29, 1.82) is 0 Å². The lowest BCUT2D eigenvalue weighted by Crippen LogP contribution is -2.07. The zero-order chi connectivity index (χ0) is 8.97. The van der Waals surface area contributed by atoms with Crippen LogP contribution in [-0.2, 0) is 6.54 Å². The van der Waals surface area contributed by atoms with E-state index in [1.54, 1.807) is 0 Å². The van der Waals surface area contributed by atoms with Gasteiger partial charge in [0, 0.05) is 5.56 Å². The van der Waals surface area contributed by atoms with Gasteiger partial charge in [-0.2, -0.15) is 5.48 Å². The molecule has 1 heterocycles. The highest BCUT2D eigenvalue weighted by atomic mass is 16.7. The zero-order valence-corrected chi connectivity index (χ0v) is 7.26. The van der Waals surface area contributed by atoms with Gasteiger partial charge in [-0.25, -0.2) is 0 Å². The first-order valence-corrected chi connectivity index (χ1v) is 3.85. The average molecular weight is 163 g/mol. The summed E-state index contributed by atoms with van der Waals surface area (Å²) in [6.45, 7) is 8.89. The Labute approximate surface area is 72.8 Å². The first-order chi connectivity index (χ1) is 5.86.